The Bertz CT molecular complexity index is 802. The predicted molar refractivity (Wildman–Crippen MR) is 94.3 cm³/mol. The molecule has 1 saturated heterocycles. The zero-order valence-electron chi connectivity index (χ0n) is 14.5. The van der Waals surface area contributed by atoms with Crippen LogP contribution in [-0.4, -0.2) is 40.8 Å². The van der Waals surface area contributed by atoms with E-state index in [0.717, 1.165) is 12.1 Å². The Morgan fingerprint density at radius 1 is 1.31 bits per heavy atom. The van der Waals surface area contributed by atoms with Crippen molar-refractivity contribution in [3.05, 3.63) is 53.3 Å². The number of amides is 2. The molecule has 136 valence electrons. The first-order valence-electron chi connectivity index (χ1n) is 8.98. The standard InChI is InChI=1S/C19H22N4O3/c24-17-7-6-15(21-17)19(25)20-10-16-18-14(8-9-26-16)12-23(22-18)11-13-4-2-1-3-5-13/h1-5,12,15-16H,6-11H2,(H,20,25)(H,21,24)/t15-,16+/m1/s1. The molecule has 3 heterocycles. The number of ether oxygens (including phenoxy) is 1. The third kappa shape index (κ3) is 3.62. The number of benzene rings is 1. The second-order valence-corrected chi connectivity index (χ2v) is 6.74. The van der Waals surface area contributed by atoms with Crippen LogP contribution in [0.5, 0.6) is 0 Å². The van der Waals surface area contributed by atoms with E-state index in [4.69, 9.17) is 4.74 Å². The van der Waals surface area contributed by atoms with Crippen LogP contribution in [0.1, 0.15) is 35.8 Å². The lowest BCUT2D eigenvalue weighted by Crippen LogP contribution is -2.43. The van der Waals surface area contributed by atoms with E-state index in [1.165, 1.54) is 11.1 Å². The van der Waals surface area contributed by atoms with Crippen molar-refractivity contribution in [3.63, 3.8) is 0 Å². The van der Waals surface area contributed by atoms with Crippen molar-refractivity contribution in [2.24, 2.45) is 0 Å². The van der Waals surface area contributed by atoms with E-state index in [9.17, 15) is 9.59 Å². The summed E-state index contributed by atoms with van der Waals surface area (Å²) in [4.78, 5) is 23.4. The zero-order valence-corrected chi connectivity index (χ0v) is 14.5. The summed E-state index contributed by atoms with van der Waals surface area (Å²) in [6.07, 6.45) is 3.60. The van der Waals surface area contributed by atoms with Gasteiger partial charge in [-0.25, -0.2) is 0 Å². The van der Waals surface area contributed by atoms with Crippen LogP contribution in [0, 0.1) is 0 Å². The number of hydrogen-bond donors (Lipinski definition) is 2. The van der Waals surface area contributed by atoms with Crippen LogP contribution >= 0.6 is 0 Å². The third-order valence-corrected chi connectivity index (χ3v) is 4.83. The summed E-state index contributed by atoms with van der Waals surface area (Å²) in [7, 11) is 0. The van der Waals surface area contributed by atoms with Gasteiger partial charge in [-0.2, -0.15) is 5.10 Å². The molecule has 0 saturated carbocycles. The molecule has 1 aromatic carbocycles. The fourth-order valence-electron chi connectivity index (χ4n) is 3.47. The van der Waals surface area contributed by atoms with Crippen LogP contribution in [0.25, 0.3) is 0 Å². The summed E-state index contributed by atoms with van der Waals surface area (Å²) in [6, 6.07) is 9.75. The van der Waals surface area contributed by atoms with Gasteiger partial charge in [0.2, 0.25) is 11.8 Å². The molecular weight excluding hydrogens is 332 g/mol. The summed E-state index contributed by atoms with van der Waals surface area (Å²) in [5.74, 6) is -0.226. The second-order valence-electron chi connectivity index (χ2n) is 6.74. The molecule has 0 radical (unpaired) electrons. The molecule has 1 fully saturated rings. The molecule has 2 amide bonds. The van der Waals surface area contributed by atoms with Gasteiger partial charge in [0, 0.05) is 19.2 Å². The Morgan fingerprint density at radius 3 is 2.92 bits per heavy atom. The number of nitrogens with one attached hydrogen (secondary N) is 2. The van der Waals surface area contributed by atoms with Gasteiger partial charge in [0.05, 0.1) is 18.8 Å². The highest BCUT2D eigenvalue weighted by Crippen LogP contribution is 2.25. The lowest BCUT2D eigenvalue weighted by Gasteiger charge is -2.23. The Morgan fingerprint density at radius 2 is 2.15 bits per heavy atom. The number of carbonyl (C=O) groups is 2. The highest BCUT2D eigenvalue weighted by atomic mass is 16.5. The van der Waals surface area contributed by atoms with Gasteiger partial charge in [-0.3, -0.25) is 14.3 Å². The largest absolute Gasteiger partial charge is 0.370 e. The van der Waals surface area contributed by atoms with Gasteiger partial charge in [-0.15, -0.1) is 0 Å². The molecule has 0 spiro atoms. The van der Waals surface area contributed by atoms with Crippen molar-refractivity contribution in [2.45, 2.75) is 38.0 Å². The molecule has 7 nitrogen and oxygen atoms in total. The number of hydrogen-bond acceptors (Lipinski definition) is 4. The average molecular weight is 354 g/mol. The topological polar surface area (TPSA) is 85.2 Å². The molecule has 0 bridgehead atoms. The van der Waals surface area contributed by atoms with Crippen LogP contribution in [0.3, 0.4) is 0 Å². The van der Waals surface area contributed by atoms with E-state index in [2.05, 4.69) is 34.1 Å². The molecule has 26 heavy (non-hydrogen) atoms. The van der Waals surface area contributed by atoms with Crippen LogP contribution in [0.2, 0.25) is 0 Å². The Balaban J connectivity index is 1.40. The van der Waals surface area contributed by atoms with Gasteiger partial charge < -0.3 is 15.4 Å². The molecule has 1 aromatic heterocycles. The van der Waals surface area contributed by atoms with Crippen molar-refractivity contribution in [2.75, 3.05) is 13.2 Å². The van der Waals surface area contributed by atoms with Gasteiger partial charge in [-0.1, -0.05) is 30.3 Å². The Labute approximate surface area is 151 Å². The maximum Gasteiger partial charge on any atom is 0.242 e. The maximum absolute atomic E-state index is 12.2. The molecule has 0 unspecified atom stereocenters. The Hall–Kier alpha value is -2.67. The number of nitrogens with zero attached hydrogens (tertiary/aromatic N) is 2. The number of rotatable bonds is 5. The van der Waals surface area contributed by atoms with Crippen LogP contribution in [-0.2, 0) is 27.3 Å². The van der Waals surface area contributed by atoms with E-state index in [1.54, 1.807) is 0 Å². The SMILES string of the molecule is O=C1CC[C@H](C(=O)NC[C@@H]2OCCc3cn(Cc4ccccc4)nc32)N1. The van der Waals surface area contributed by atoms with E-state index < -0.39 is 6.04 Å². The quantitative estimate of drug-likeness (QED) is 0.837. The number of aromatic nitrogens is 2. The number of fused-ring (bicyclic) bond motifs is 1. The lowest BCUT2D eigenvalue weighted by atomic mass is 10.1. The molecule has 2 N–H and O–H groups in total. The van der Waals surface area contributed by atoms with Crippen molar-refractivity contribution in [1.29, 1.82) is 0 Å². The van der Waals surface area contributed by atoms with Crippen molar-refractivity contribution >= 4 is 11.8 Å². The van der Waals surface area contributed by atoms with Crippen molar-refractivity contribution in [3.8, 4) is 0 Å². The normalized spacial score (nSPS) is 21.9. The number of carbonyl (C=O) groups excluding carboxylic acids is 2. The predicted octanol–water partition coefficient (Wildman–Crippen LogP) is 0.940. The minimum absolute atomic E-state index is 0.0685. The van der Waals surface area contributed by atoms with E-state index in [1.807, 2.05) is 22.9 Å². The van der Waals surface area contributed by atoms with Crippen LogP contribution in [0.4, 0.5) is 0 Å². The summed E-state index contributed by atoms with van der Waals surface area (Å²) in [6.45, 7) is 1.69. The fraction of sp³-hybridized carbons (Fsp3) is 0.421. The van der Waals surface area contributed by atoms with Gasteiger partial charge >= 0.3 is 0 Å². The molecule has 2 atom stereocenters. The van der Waals surface area contributed by atoms with Gasteiger partial charge in [0.25, 0.3) is 0 Å². The molecular formula is C19H22N4O3. The summed E-state index contributed by atoms with van der Waals surface area (Å²) < 4.78 is 7.76. The highest BCUT2D eigenvalue weighted by molar-refractivity contribution is 5.90. The van der Waals surface area contributed by atoms with Gasteiger partial charge in [0.15, 0.2) is 0 Å². The summed E-state index contributed by atoms with van der Waals surface area (Å²) in [5, 5.41) is 10.3. The van der Waals surface area contributed by atoms with Crippen molar-refractivity contribution < 1.29 is 14.3 Å². The first-order valence-corrected chi connectivity index (χ1v) is 8.98. The smallest absolute Gasteiger partial charge is 0.242 e. The van der Waals surface area contributed by atoms with Gasteiger partial charge in [0.1, 0.15) is 12.1 Å². The van der Waals surface area contributed by atoms with E-state index in [-0.39, 0.29) is 17.9 Å². The first kappa shape index (κ1) is 16.8. The molecule has 2 aliphatic rings. The van der Waals surface area contributed by atoms with Gasteiger partial charge in [-0.05, 0) is 24.0 Å². The first-order chi connectivity index (χ1) is 12.7. The van der Waals surface area contributed by atoms with Crippen molar-refractivity contribution in [1.82, 2.24) is 20.4 Å². The molecule has 0 aliphatic carbocycles. The summed E-state index contributed by atoms with van der Waals surface area (Å²) in [5.41, 5.74) is 3.25. The van der Waals surface area contributed by atoms with Crippen LogP contribution < -0.4 is 10.6 Å². The molecule has 2 aromatic rings. The second kappa shape index (κ2) is 7.29. The van der Waals surface area contributed by atoms with E-state index in [0.29, 0.717) is 32.5 Å². The third-order valence-electron chi connectivity index (χ3n) is 4.83. The monoisotopic (exact) mass is 354 g/mol. The Kier molecular flexibility index (Phi) is 4.71. The fourth-order valence-corrected chi connectivity index (χ4v) is 3.47. The van der Waals surface area contributed by atoms with Crippen LogP contribution in [0.15, 0.2) is 36.5 Å². The average Bonchev–Trinajstić information content (AvgIpc) is 3.26. The highest BCUT2D eigenvalue weighted by Gasteiger charge is 2.29. The van der Waals surface area contributed by atoms with E-state index >= 15 is 0 Å². The minimum atomic E-state index is -0.429. The molecule has 4 rings (SSSR count). The minimum Gasteiger partial charge on any atom is -0.370 e. The lowest BCUT2D eigenvalue weighted by molar-refractivity contribution is -0.126. The molecule has 7 heteroatoms. The zero-order chi connectivity index (χ0) is 17.9. The summed E-state index contributed by atoms with van der Waals surface area (Å²) >= 11 is 0. The maximum atomic E-state index is 12.2. The molecule has 2 aliphatic heterocycles.